The molecular formula is C9H17Cl2NO. The maximum absolute atomic E-state index is 6.13. The van der Waals surface area contributed by atoms with Crippen LogP contribution in [0.4, 0.5) is 0 Å². The average molecular weight is 226 g/mol. The Hall–Kier alpha value is 0.500. The largest absolute Gasteiger partial charge is 0.271 e. The summed E-state index contributed by atoms with van der Waals surface area (Å²) in [5, 5.41) is 1.85. The fourth-order valence-electron chi connectivity index (χ4n) is 1.30. The number of nitrogens with zero attached hydrogens (tertiary/aromatic N) is 1. The summed E-state index contributed by atoms with van der Waals surface area (Å²) in [7, 11) is 0. The molecule has 0 spiro atoms. The van der Waals surface area contributed by atoms with E-state index in [1.54, 1.807) is 0 Å². The van der Waals surface area contributed by atoms with Gasteiger partial charge in [0.2, 0.25) is 0 Å². The van der Waals surface area contributed by atoms with Gasteiger partial charge in [-0.1, -0.05) is 36.5 Å². The first kappa shape index (κ1) is 11.6. The molecular weight excluding hydrogens is 209 g/mol. The summed E-state index contributed by atoms with van der Waals surface area (Å²) >= 11 is 12.3. The molecule has 0 saturated carbocycles. The summed E-state index contributed by atoms with van der Waals surface area (Å²) in [6, 6.07) is 0. The Bertz CT molecular complexity index is 189. The Balaban J connectivity index is 2.50. The highest BCUT2D eigenvalue weighted by Crippen LogP contribution is 2.45. The molecule has 2 nitrogen and oxygen atoms in total. The molecule has 78 valence electrons. The van der Waals surface area contributed by atoms with Gasteiger partial charge in [0.05, 0.1) is 0 Å². The van der Waals surface area contributed by atoms with Gasteiger partial charge in [-0.15, -0.1) is 5.06 Å². The summed E-state index contributed by atoms with van der Waals surface area (Å²) in [5.74, 6) is 0. The normalized spacial score (nSPS) is 29.1. The Morgan fingerprint density at radius 2 is 1.85 bits per heavy atom. The van der Waals surface area contributed by atoms with Gasteiger partial charge in [-0.2, -0.15) is 0 Å². The molecule has 2 unspecified atom stereocenters. The van der Waals surface area contributed by atoms with Gasteiger partial charge in [-0.05, 0) is 27.2 Å². The summed E-state index contributed by atoms with van der Waals surface area (Å²) in [6.07, 6.45) is 1.58. The van der Waals surface area contributed by atoms with Crippen molar-refractivity contribution in [3.63, 3.8) is 0 Å². The molecule has 0 N–H and O–H groups in total. The first-order valence-electron chi connectivity index (χ1n) is 4.63. The maximum atomic E-state index is 6.13. The van der Waals surface area contributed by atoms with Crippen molar-refractivity contribution in [1.29, 1.82) is 0 Å². The zero-order valence-electron chi connectivity index (χ0n) is 8.60. The van der Waals surface area contributed by atoms with Crippen molar-refractivity contribution in [2.45, 2.75) is 56.6 Å². The van der Waals surface area contributed by atoms with Crippen molar-refractivity contribution in [2.24, 2.45) is 0 Å². The van der Waals surface area contributed by atoms with E-state index in [9.17, 15) is 0 Å². The summed E-state index contributed by atoms with van der Waals surface area (Å²) in [5.41, 5.74) is -0.0204. The molecule has 2 atom stereocenters. The van der Waals surface area contributed by atoms with Gasteiger partial charge in [0, 0.05) is 5.54 Å². The monoisotopic (exact) mass is 225 g/mol. The summed E-state index contributed by atoms with van der Waals surface area (Å²) in [6.45, 7) is 8.28. The lowest BCUT2D eigenvalue weighted by atomic mass is 10.1. The van der Waals surface area contributed by atoms with Crippen LogP contribution in [0.25, 0.3) is 0 Å². The minimum Gasteiger partial charge on any atom is -0.271 e. The van der Waals surface area contributed by atoms with E-state index in [1.165, 1.54) is 0 Å². The lowest BCUT2D eigenvalue weighted by Gasteiger charge is -2.21. The molecule has 0 bridgehead atoms. The number of hydrogen-bond acceptors (Lipinski definition) is 2. The van der Waals surface area contributed by atoms with Gasteiger partial charge in [-0.3, -0.25) is 4.84 Å². The van der Waals surface area contributed by atoms with Crippen LogP contribution >= 0.6 is 23.2 Å². The molecule has 1 saturated heterocycles. The minimum atomic E-state index is -0.762. The molecule has 1 fully saturated rings. The van der Waals surface area contributed by atoms with Crippen LogP contribution in [0.5, 0.6) is 0 Å². The molecule has 0 aromatic rings. The highest BCUT2D eigenvalue weighted by molar-refractivity contribution is 6.49. The van der Waals surface area contributed by atoms with Crippen LogP contribution in [-0.2, 0) is 4.84 Å². The SMILES string of the molecule is CCCC(Cl)(Cl)C1ON1C(C)(C)C. The van der Waals surface area contributed by atoms with E-state index in [4.69, 9.17) is 28.0 Å². The topological polar surface area (TPSA) is 15.5 Å². The molecule has 0 aromatic heterocycles. The Labute approximate surface area is 90.1 Å². The number of alkyl halides is 2. The lowest BCUT2D eigenvalue weighted by molar-refractivity contribution is 0.101. The number of halogens is 2. The first-order chi connectivity index (χ1) is 5.79. The van der Waals surface area contributed by atoms with Gasteiger partial charge in [0.1, 0.15) is 0 Å². The van der Waals surface area contributed by atoms with Crippen LogP contribution in [0.15, 0.2) is 0 Å². The second kappa shape index (κ2) is 3.58. The molecule has 1 aliphatic rings. The Morgan fingerprint density at radius 1 is 1.31 bits per heavy atom. The van der Waals surface area contributed by atoms with Crippen LogP contribution in [0.2, 0.25) is 0 Å². The van der Waals surface area contributed by atoms with Gasteiger partial charge < -0.3 is 0 Å². The van der Waals surface area contributed by atoms with Crippen molar-refractivity contribution in [3.05, 3.63) is 0 Å². The second-order valence-electron chi connectivity index (χ2n) is 4.47. The molecule has 0 aromatic carbocycles. The van der Waals surface area contributed by atoms with E-state index >= 15 is 0 Å². The third kappa shape index (κ3) is 2.72. The van der Waals surface area contributed by atoms with Crippen molar-refractivity contribution in [1.82, 2.24) is 5.06 Å². The fraction of sp³-hybridized carbons (Fsp3) is 1.00. The summed E-state index contributed by atoms with van der Waals surface area (Å²) in [4.78, 5) is 5.37. The number of hydrogen-bond donors (Lipinski definition) is 0. The fourth-order valence-corrected chi connectivity index (χ4v) is 1.93. The quantitative estimate of drug-likeness (QED) is 0.541. The van der Waals surface area contributed by atoms with Crippen molar-refractivity contribution < 1.29 is 4.84 Å². The van der Waals surface area contributed by atoms with Crippen LogP contribution in [0.3, 0.4) is 0 Å². The molecule has 0 amide bonds. The molecule has 1 aliphatic heterocycles. The van der Waals surface area contributed by atoms with E-state index < -0.39 is 4.33 Å². The second-order valence-corrected chi connectivity index (χ2v) is 6.01. The predicted octanol–water partition coefficient (Wildman–Crippen LogP) is 3.33. The van der Waals surface area contributed by atoms with Gasteiger partial charge in [-0.25, -0.2) is 0 Å². The lowest BCUT2D eigenvalue weighted by Crippen LogP contribution is -2.33. The Kier molecular flexibility index (Phi) is 3.18. The van der Waals surface area contributed by atoms with E-state index in [-0.39, 0.29) is 11.8 Å². The average Bonchev–Trinajstić information content (AvgIpc) is 2.60. The Morgan fingerprint density at radius 3 is 2.15 bits per heavy atom. The summed E-state index contributed by atoms with van der Waals surface area (Å²) < 4.78 is -0.762. The smallest absolute Gasteiger partial charge is 0.187 e. The predicted molar refractivity (Wildman–Crippen MR) is 55.8 cm³/mol. The minimum absolute atomic E-state index is 0.0204. The molecule has 0 aliphatic carbocycles. The van der Waals surface area contributed by atoms with E-state index in [2.05, 4.69) is 27.7 Å². The molecule has 4 heteroatoms. The molecule has 13 heavy (non-hydrogen) atoms. The van der Waals surface area contributed by atoms with Crippen LogP contribution in [0, 0.1) is 0 Å². The number of hydroxylamine groups is 2. The highest BCUT2D eigenvalue weighted by Gasteiger charge is 2.56. The number of rotatable bonds is 3. The third-order valence-corrected chi connectivity index (χ3v) is 2.74. The van der Waals surface area contributed by atoms with E-state index in [0.717, 1.165) is 12.8 Å². The third-order valence-electron chi connectivity index (χ3n) is 1.99. The van der Waals surface area contributed by atoms with Crippen molar-refractivity contribution >= 4 is 23.2 Å². The molecule has 1 heterocycles. The zero-order chi connectivity index (χ0) is 10.3. The maximum Gasteiger partial charge on any atom is 0.187 e. The van der Waals surface area contributed by atoms with Gasteiger partial charge >= 0.3 is 0 Å². The first-order valence-corrected chi connectivity index (χ1v) is 5.38. The molecule has 1 rings (SSSR count). The van der Waals surface area contributed by atoms with Crippen molar-refractivity contribution in [3.8, 4) is 0 Å². The van der Waals surface area contributed by atoms with E-state index in [1.807, 2.05) is 5.06 Å². The highest BCUT2D eigenvalue weighted by atomic mass is 35.5. The van der Waals surface area contributed by atoms with Gasteiger partial charge in [0.25, 0.3) is 0 Å². The standard InChI is InChI=1S/C9H17Cl2NO/c1-5-6-9(10,11)7-12(13-7)8(2,3)4/h7H,5-6H2,1-4H3. The van der Waals surface area contributed by atoms with Crippen molar-refractivity contribution in [2.75, 3.05) is 0 Å². The van der Waals surface area contributed by atoms with Gasteiger partial charge in [0.15, 0.2) is 10.6 Å². The van der Waals surface area contributed by atoms with E-state index in [0.29, 0.717) is 0 Å². The zero-order valence-corrected chi connectivity index (χ0v) is 10.1. The van der Waals surface area contributed by atoms with Crippen LogP contribution < -0.4 is 0 Å². The van der Waals surface area contributed by atoms with Crippen LogP contribution in [-0.4, -0.2) is 21.2 Å². The van der Waals surface area contributed by atoms with Crippen LogP contribution in [0.1, 0.15) is 40.5 Å². The molecule has 0 radical (unpaired) electrons.